The van der Waals surface area contributed by atoms with Gasteiger partial charge < -0.3 is 4.90 Å². The summed E-state index contributed by atoms with van der Waals surface area (Å²) in [5.41, 5.74) is 0.762. The predicted molar refractivity (Wildman–Crippen MR) is 73.5 cm³/mol. The molecule has 1 heterocycles. The fourth-order valence-electron chi connectivity index (χ4n) is 1.88. The van der Waals surface area contributed by atoms with Crippen molar-refractivity contribution in [1.29, 1.82) is 0 Å². The van der Waals surface area contributed by atoms with Crippen molar-refractivity contribution in [2.45, 2.75) is 6.42 Å². The summed E-state index contributed by atoms with van der Waals surface area (Å²) in [5.74, 6) is 0.203. The van der Waals surface area contributed by atoms with Gasteiger partial charge in [0, 0.05) is 22.3 Å². The van der Waals surface area contributed by atoms with Crippen LogP contribution in [0.25, 0.3) is 0 Å². The number of thiol groups is 1. The highest BCUT2D eigenvalue weighted by molar-refractivity contribution is 9.10. The van der Waals surface area contributed by atoms with Gasteiger partial charge in [0.25, 0.3) is 0 Å². The number of ketones is 1. The Hall–Kier alpha value is -0.810. The first-order valence-electron chi connectivity index (χ1n) is 5.31. The Morgan fingerprint density at radius 2 is 1.94 bits per heavy atom. The minimum Gasteiger partial charge on any atom is -0.305 e. The molecule has 1 atom stereocenters. The van der Waals surface area contributed by atoms with Crippen LogP contribution in [-0.4, -0.2) is 24.0 Å². The van der Waals surface area contributed by atoms with Crippen LogP contribution in [0.3, 0.4) is 0 Å². The zero-order valence-electron chi connectivity index (χ0n) is 9.10. The summed E-state index contributed by atoms with van der Waals surface area (Å²) in [7, 11) is 0. The van der Waals surface area contributed by atoms with E-state index in [0.717, 1.165) is 10.2 Å². The number of hydrogen-bond donors (Lipinski definition) is 1. The van der Waals surface area contributed by atoms with E-state index in [-0.39, 0.29) is 24.2 Å². The van der Waals surface area contributed by atoms with Crippen LogP contribution >= 0.6 is 28.6 Å². The molecule has 1 aromatic carbocycles. The van der Waals surface area contributed by atoms with E-state index in [4.69, 9.17) is 0 Å². The van der Waals surface area contributed by atoms with E-state index in [1.807, 2.05) is 24.3 Å². The minimum absolute atomic E-state index is 0.0121. The van der Waals surface area contributed by atoms with Gasteiger partial charge in [-0.2, -0.15) is 12.6 Å². The number of benzene rings is 1. The van der Waals surface area contributed by atoms with Gasteiger partial charge in [0.15, 0.2) is 5.78 Å². The lowest BCUT2D eigenvalue weighted by atomic mass is 9.97. The first kappa shape index (κ1) is 12.6. The van der Waals surface area contributed by atoms with E-state index in [1.54, 1.807) is 4.90 Å². The molecule has 0 spiro atoms. The van der Waals surface area contributed by atoms with Gasteiger partial charge >= 0.3 is 0 Å². The molecule has 0 saturated carbocycles. The van der Waals surface area contributed by atoms with Gasteiger partial charge in [-0.3, -0.25) is 9.59 Å². The normalized spacial score (nSPS) is 20.8. The zero-order valence-corrected chi connectivity index (χ0v) is 11.6. The van der Waals surface area contributed by atoms with E-state index in [9.17, 15) is 9.59 Å². The van der Waals surface area contributed by atoms with E-state index >= 15 is 0 Å². The van der Waals surface area contributed by atoms with Crippen molar-refractivity contribution < 1.29 is 9.59 Å². The van der Waals surface area contributed by atoms with Crippen LogP contribution in [0.5, 0.6) is 0 Å². The van der Waals surface area contributed by atoms with Crippen molar-refractivity contribution in [2.75, 3.05) is 17.2 Å². The highest BCUT2D eigenvalue weighted by Gasteiger charge is 2.32. The number of carbonyl (C=O) groups excluding carboxylic acids is 2. The molecular formula is C12H12BrNO2S. The first-order valence-corrected chi connectivity index (χ1v) is 6.74. The first-order chi connectivity index (χ1) is 8.11. The number of amides is 1. The molecule has 2 rings (SSSR count). The maximum absolute atomic E-state index is 12.1. The van der Waals surface area contributed by atoms with Crippen molar-refractivity contribution in [3.05, 3.63) is 28.7 Å². The molecule has 0 bridgehead atoms. The smallest absolute Gasteiger partial charge is 0.231 e. The molecule has 1 aromatic rings. The Balaban J connectivity index is 2.27. The van der Waals surface area contributed by atoms with E-state index in [1.165, 1.54) is 0 Å². The lowest BCUT2D eigenvalue weighted by Crippen LogP contribution is -2.46. The summed E-state index contributed by atoms with van der Waals surface area (Å²) in [5, 5.41) is 0. The van der Waals surface area contributed by atoms with Crippen molar-refractivity contribution in [1.82, 2.24) is 0 Å². The second-order valence-electron chi connectivity index (χ2n) is 4.02. The van der Waals surface area contributed by atoms with Crippen LogP contribution in [0, 0.1) is 5.92 Å². The van der Waals surface area contributed by atoms with Gasteiger partial charge in [-0.25, -0.2) is 0 Å². The van der Waals surface area contributed by atoms with Gasteiger partial charge in [-0.05, 0) is 24.3 Å². The van der Waals surface area contributed by atoms with Crippen molar-refractivity contribution >= 4 is 45.9 Å². The maximum Gasteiger partial charge on any atom is 0.231 e. The van der Waals surface area contributed by atoms with Crippen LogP contribution in [0.2, 0.25) is 0 Å². The summed E-state index contributed by atoms with van der Waals surface area (Å²) in [4.78, 5) is 25.2. The molecule has 1 amide bonds. The third kappa shape index (κ3) is 2.72. The zero-order chi connectivity index (χ0) is 12.4. The molecule has 90 valence electrons. The maximum atomic E-state index is 12.1. The predicted octanol–water partition coefficient (Wildman–Crippen LogP) is 2.30. The number of halogens is 1. The SMILES string of the molecule is O=C1CC(CS)C(=O)N(c2ccc(Br)cc2)C1. The molecule has 0 aliphatic carbocycles. The van der Waals surface area contributed by atoms with Crippen LogP contribution in [0.4, 0.5) is 5.69 Å². The summed E-state index contributed by atoms with van der Waals surface area (Å²) < 4.78 is 0.947. The summed E-state index contributed by atoms with van der Waals surface area (Å²) in [6, 6.07) is 7.38. The molecule has 1 aliphatic rings. The number of nitrogens with zero attached hydrogens (tertiary/aromatic N) is 1. The Bertz CT molecular complexity index is 446. The van der Waals surface area contributed by atoms with Crippen LogP contribution < -0.4 is 4.90 Å². The molecule has 1 fully saturated rings. The highest BCUT2D eigenvalue weighted by atomic mass is 79.9. The lowest BCUT2D eigenvalue weighted by molar-refractivity contribution is -0.130. The van der Waals surface area contributed by atoms with Gasteiger partial charge in [-0.1, -0.05) is 15.9 Å². The molecule has 5 heteroatoms. The van der Waals surface area contributed by atoms with Gasteiger partial charge in [0.2, 0.25) is 5.91 Å². The van der Waals surface area contributed by atoms with E-state index in [2.05, 4.69) is 28.6 Å². The van der Waals surface area contributed by atoms with Crippen molar-refractivity contribution in [3.8, 4) is 0 Å². The summed E-state index contributed by atoms with van der Waals surface area (Å²) >= 11 is 7.46. The Morgan fingerprint density at radius 1 is 1.29 bits per heavy atom. The fourth-order valence-corrected chi connectivity index (χ4v) is 2.43. The fraction of sp³-hybridized carbons (Fsp3) is 0.333. The number of rotatable bonds is 2. The minimum atomic E-state index is -0.289. The standard InChI is InChI=1S/C12H12BrNO2S/c13-9-1-3-10(4-2-9)14-6-11(15)5-8(7-17)12(14)16/h1-4,8,17H,5-7H2. The average molecular weight is 314 g/mol. The summed E-state index contributed by atoms with van der Waals surface area (Å²) in [6.07, 6.45) is 0.315. The lowest BCUT2D eigenvalue weighted by Gasteiger charge is -2.30. The molecule has 1 aliphatic heterocycles. The molecule has 0 N–H and O–H groups in total. The van der Waals surface area contributed by atoms with E-state index < -0.39 is 0 Å². The third-order valence-electron chi connectivity index (χ3n) is 2.78. The number of hydrogen-bond acceptors (Lipinski definition) is 3. The molecular weight excluding hydrogens is 302 g/mol. The number of carbonyl (C=O) groups is 2. The van der Waals surface area contributed by atoms with Gasteiger partial charge in [-0.15, -0.1) is 0 Å². The van der Waals surface area contributed by atoms with Crippen molar-refractivity contribution in [2.24, 2.45) is 5.92 Å². The van der Waals surface area contributed by atoms with E-state index in [0.29, 0.717) is 12.2 Å². The largest absolute Gasteiger partial charge is 0.305 e. The number of Topliss-reactive ketones (excluding diaryl/α,β-unsaturated/α-hetero) is 1. The highest BCUT2D eigenvalue weighted by Crippen LogP contribution is 2.25. The van der Waals surface area contributed by atoms with Crippen LogP contribution in [0.15, 0.2) is 28.7 Å². The quantitative estimate of drug-likeness (QED) is 0.851. The molecule has 0 aromatic heterocycles. The summed E-state index contributed by atoms with van der Waals surface area (Å²) in [6.45, 7) is 0.171. The molecule has 1 saturated heterocycles. The Kier molecular flexibility index (Phi) is 3.89. The van der Waals surface area contributed by atoms with Crippen LogP contribution in [0.1, 0.15) is 6.42 Å². The second-order valence-corrected chi connectivity index (χ2v) is 5.30. The monoisotopic (exact) mass is 313 g/mol. The molecule has 1 unspecified atom stereocenters. The van der Waals surface area contributed by atoms with Crippen LogP contribution in [-0.2, 0) is 9.59 Å². The molecule has 17 heavy (non-hydrogen) atoms. The Morgan fingerprint density at radius 3 is 2.53 bits per heavy atom. The van der Waals surface area contributed by atoms with Crippen molar-refractivity contribution in [3.63, 3.8) is 0 Å². The Labute approximate surface area is 114 Å². The van der Waals surface area contributed by atoms with Gasteiger partial charge in [0.05, 0.1) is 12.5 Å². The molecule has 0 radical (unpaired) electrons. The second kappa shape index (κ2) is 5.23. The number of piperidine rings is 1. The third-order valence-corrected chi connectivity index (χ3v) is 3.75. The van der Waals surface area contributed by atoms with Gasteiger partial charge in [0.1, 0.15) is 0 Å². The average Bonchev–Trinajstić information content (AvgIpc) is 2.33. The molecule has 3 nitrogen and oxygen atoms in total. The topological polar surface area (TPSA) is 37.4 Å². The number of anilines is 1.